The van der Waals surface area contributed by atoms with Crippen LogP contribution in [0.25, 0.3) is 0 Å². The monoisotopic (exact) mass is 369 g/mol. The molecule has 0 fully saturated rings. The van der Waals surface area contributed by atoms with Crippen molar-refractivity contribution in [2.24, 2.45) is 0 Å². The molecule has 0 N–H and O–H groups in total. The molecule has 3 rings (SSSR count). The second kappa shape index (κ2) is 7.61. The summed E-state index contributed by atoms with van der Waals surface area (Å²) in [5, 5.41) is 8.10. The molecule has 6 nitrogen and oxygen atoms in total. The van der Waals surface area contributed by atoms with Gasteiger partial charge in [0, 0.05) is 0 Å². The third-order valence-electron chi connectivity index (χ3n) is 3.89. The summed E-state index contributed by atoms with van der Waals surface area (Å²) in [6.07, 6.45) is 1.50. The number of rotatable bonds is 6. The van der Waals surface area contributed by atoms with Crippen LogP contribution >= 0.6 is 0 Å². The van der Waals surface area contributed by atoms with Gasteiger partial charge in [0.15, 0.2) is 0 Å². The predicted octanol–water partition coefficient (Wildman–Crippen LogP) is 3.62. The van der Waals surface area contributed by atoms with E-state index in [0.717, 1.165) is 24.2 Å². The number of benzene rings is 2. The Hall–Kier alpha value is -2.80. The minimum atomic E-state index is -3.55. The Morgan fingerprint density at radius 3 is 2.04 bits per heavy atom. The van der Waals surface area contributed by atoms with Gasteiger partial charge in [0.2, 0.25) is 9.84 Å². The Morgan fingerprint density at radius 1 is 0.808 bits per heavy atom. The Morgan fingerprint density at radius 2 is 1.42 bits per heavy atom. The number of nitrogens with zero attached hydrogens (tertiary/aromatic N) is 3. The topological polar surface area (TPSA) is 82.0 Å². The van der Waals surface area contributed by atoms with Crippen molar-refractivity contribution in [1.29, 1.82) is 0 Å². The molecule has 0 atom stereocenters. The Kier molecular flexibility index (Phi) is 5.27. The lowest BCUT2D eigenvalue weighted by Crippen LogP contribution is -2.04. The van der Waals surface area contributed by atoms with Crippen molar-refractivity contribution in [3.8, 4) is 11.8 Å². The summed E-state index contributed by atoms with van der Waals surface area (Å²) < 4.78 is 30.8. The lowest BCUT2D eigenvalue weighted by molar-refractivity contribution is 0.428. The molecule has 0 amide bonds. The van der Waals surface area contributed by atoms with Crippen LogP contribution in [0.15, 0.2) is 64.4 Å². The highest BCUT2D eigenvalue weighted by atomic mass is 32.2. The lowest BCUT2D eigenvalue weighted by atomic mass is 10.2. The van der Waals surface area contributed by atoms with Crippen LogP contribution in [-0.2, 0) is 22.7 Å². The fourth-order valence-corrected chi connectivity index (χ4v) is 3.77. The number of sulfone groups is 1. The van der Waals surface area contributed by atoms with Gasteiger partial charge < -0.3 is 4.74 Å². The normalized spacial score (nSPS) is 11.3. The highest BCUT2D eigenvalue weighted by Gasteiger charge is 2.17. The molecular formula is C19H19N3O3S. The van der Waals surface area contributed by atoms with Crippen LogP contribution < -0.4 is 4.74 Å². The second-order valence-corrected chi connectivity index (χ2v) is 7.53. The first kappa shape index (κ1) is 18.0. The van der Waals surface area contributed by atoms with Crippen molar-refractivity contribution in [2.45, 2.75) is 36.5 Å². The van der Waals surface area contributed by atoms with Crippen molar-refractivity contribution in [3.63, 3.8) is 0 Å². The van der Waals surface area contributed by atoms with E-state index in [-0.39, 0.29) is 15.8 Å². The minimum absolute atomic E-state index is 0.151. The van der Waals surface area contributed by atoms with Gasteiger partial charge in [-0.2, -0.15) is 4.98 Å². The van der Waals surface area contributed by atoms with Gasteiger partial charge >= 0.3 is 6.01 Å². The molecule has 0 spiro atoms. The highest BCUT2D eigenvalue weighted by Crippen LogP contribution is 2.24. The zero-order valence-corrected chi connectivity index (χ0v) is 15.4. The van der Waals surface area contributed by atoms with Gasteiger partial charge in [-0.25, -0.2) is 8.42 Å². The zero-order chi connectivity index (χ0) is 18.6. The van der Waals surface area contributed by atoms with Crippen LogP contribution in [-0.4, -0.2) is 23.6 Å². The third kappa shape index (κ3) is 3.72. The summed E-state index contributed by atoms with van der Waals surface area (Å²) in [4.78, 5) is 4.82. The quantitative estimate of drug-likeness (QED) is 0.660. The van der Waals surface area contributed by atoms with Crippen LogP contribution in [0.3, 0.4) is 0 Å². The van der Waals surface area contributed by atoms with Crippen molar-refractivity contribution < 1.29 is 13.2 Å². The molecule has 7 heteroatoms. The summed E-state index contributed by atoms with van der Waals surface area (Å²) in [5.74, 6) is 0.449. The zero-order valence-electron chi connectivity index (χ0n) is 14.6. The smallest absolute Gasteiger partial charge is 0.341 e. The molecule has 0 radical (unpaired) electrons. The fourth-order valence-electron chi connectivity index (χ4n) is 2.49. The Labute approximate surface area is 152 Å². The average Bonchev–Trinajstić information content (AvgIpc) is 2.69. The van der Waals surface area contributed by atoms with E-state index < -0.39 is 9.84 Å². The van der Waals surface area contributed by atoms with Gasteiger partial charge in [-0.1, -0.05) is 37.1 Å². The van der Waals surface area contributed by atoms with Crippen LogP contribution in [0.2, 0.25) is 0 Å². The summed E-state index contributed by atoms with van der Waals surface area (Å²) in [7, 11) is -3.55. The van der Waals surface area contributed by atoms with E-state index >= 15 is 0 Å². The SMILES string of the molecule is CCc1nnc(Oc2ccc(S(=O)(=O)c3ccccc3)cc2)nc1CC. The molecule has 1 aromatic heterocycles. The van der Waals surface area contributed by atoms with Gasteiger partial charge in [0.05, 0.1) is 21.2 Å². The number of aryl methyl sites for hydroxylation is 2. The molecule has 26 heavy (non-hydrogen) atoms. The second-order valence-electron chi connectivity index (χ2n) is 5.58. The molecule has 0 unspecified atom stereocenters. The number of hydrogen-bond donors (Lipinski definition) is 0. The Bertz CT molecular complexity index is 988. The standard InChI is InChI=1S/C19H19N3O3S/c1-3-17-18(4-2)21-22-19(20-17)25-14-10-12-16(13-11-14)26(23,24)15-8-6-5-7-9-15/h5-13H,3-4H2,1-2H3. The minimum Gasteiger partial charge on any atom is -0.423 e. The molecule has 134 valence electrons. The predicted molar refractivity (Wildman–Crippen MR) is 97.0 cm³/mol. The molecule has 0 aliphatic carbocycles. The van der Waals surface area contributed by atoms with E-state index in [2.05, 4.69) is 15.2 Å². The molecule has 0 bridgehead atoms. The molecular weight excluding hydrogens is 350 g/mol. The molecule has 0 aliphatic rings. The van der Waals surface area contributed by atoms with Crippen LogP contribution in [0, 0.1) is 0 Å². The molecule has 0 saturated carbocycles. The molecule has 2 aromatic carbocycles. The molecule has 0 aliphatic heterocycles. The maximum atomic E-state index is 12.6. The van der Waals surface area contributed by atoms with Gasteiger partial charge in [-0.05, 0) is 49.2 Å². The first-order valence-electron chi connectivity index (χ1n) is 8.35. The average molecular weight is 369 g/mol. The van der Waals surface area contributed by atoms with E-state index in [1.54, 1.807) is 42.5 Å². The van der Waals surface area contributed by atoms with Crippen LogP contribution in [0.4, 0.5) is 0 Å². The van der Waals surface area contributed by atoms with Gasteiger partial charge in [0.25, 0.3) is 0 Å². The number of ether oxygens (including phenoxy) is 1. The lowest BCUT2D eigenvalue weighted by Gasteiger charge is -2.08. The largest absolute Gasteiger partial charge is 0.423 e. The van der Waals surface area contributed by atoms with E-state index in [4.69, 9.17) is 4.74 Å². The van der Waals surface area contributed by atoms with E-state index in [1.807, 2.05) is 13.8 Å². The first-order chi connectivity index (χ1) is 12.5. The maximum absolute atomic E-state index is 12.6. The number of aromatic nitrogens is 3. The number of hydrogen-bond acceptors (Lipinski definition) is 6. The van der Waals surface area contributed by atoms with E-state index in [0.29, 0.717) is 5.75 Å². The van der Waals surface area contributed by atoms with Crippen molar-refractivity contribution in [1.82, 2.24) is 15.2 Å². The summed E-state index contributed by atoms with van der Waals surface area (Å²) in [5.41, 5.74) is 1.70. The first-order valence-corrected chi connectivity index (χ1v) is 9.83. The molecule has 0 saturated heterocycles. The van der Waals surface area contributed by atoms with Gasteiger partial charge in [-0.3, -0.25) is 0 Å². The summed E-state index contributed by atoms with van der Waals surface area (Å²) >= 11 is 0. The van der Waals surface area contributed by atoms with Crippen molar-refractivity contribution >= 4 is 9.84 Å². The summed E-state index contributed by atoms with van der Waals surface area (Å²) in [6.45, 7) is 3.99. The summed E-state index contributed by atoms with van der Waals surface area (Å²) in [6, 6.07) is 14.6. The van der Waals surface area contributed by atoms with E-state index in [1.165, 1.54) is 12.1 Å². The fraction of sp³-hybridized carbons (Fsp3) is 0.211. The van der Waals surface area contributed by atoms with Crippen molar-refractivity contribution in [3.05, 3.63) is 66.0 Å². The highest BCUT2D eigenvalue weighted by molar-refractivity contribution is 7.91. The van der Waals surface area contributed by atoms with Crippen LogP contribution in [0.1, 0.15) is 25.2 Å². The van der Waals surface area contributed by atoms with Gasteiger partial charge in [0.1, 0.15) is 5.75 Å². The van der Waals surface area contributed by atoms with E-state index in [9.17, 15) is 8.42 Å². The Balaban J connectivity index is 1.82. The van der Waals surface area contributed by atoms with Gasteiger partial charge in [-0.15, -0.1) is 5.10 Å². The third-order valence-corrected chi connectivity index (χ3v) is 5.67. The van der Waals surface area contributed by atoms with Crippen LogP contribution in [0.5, 0.6) is 11.8 Å². The molecule has 1 heterocycles. The van der Waals surface area contributed by atoms with Crippen molar-refractivity contribution in [2.75, 3.05) is 0 Å². The maximum Gasteiger partial charge on any atom is 0.341 e. The molecule has 3 aromatic rings.